The fourth-order valence-corrected chi connectivity index (χ4v) is 3.88. The number of fused-ring (bicyclic) bond motifs is 1. The summed E-state index contributed by atoms with van der Waals surface area (Å²) in [6.07, 6.45) is 0.697. The first kappa shape index (κ1) is 14.8. The summed E-state index contributed by atoms with van der Waals surface area (Å²) in [5.41, 5.74) is 0.479. The number of H-pyrrole nitrogens is 1. The van der Waals surface area contributed by atoms with Crippen LogP contribution in [0, 0.1) is 0 Å². The zero-order valence-corrected chi connectivity index (χ0v) is 13.0. The zero-order chi connectivity index (χ0) is 15.9. The Morgan fingerprint density at radius 1 is 1.45 bits per heavy atom. The lowest BCUT2D eigenvalue weighted by Gasteiger charge is -2.15. The lowest BCUT2D eigenvalue weighted by molar-refractivity contribution is 0.348. The number of ether oxygens (including phenoxy) is 1. The molecule has 9 heteroatoms. The molecule has 3 rings (SSSR count). The SMILES string of the molecule is CC(NS(=O)(=O)c1cccc2c1OCC2)c1n[nH]c(=O)n1C. The number of nitrogens with one attached hydrogen (secondary N) is 2. The maximum absolute atomic E-state index is 12.6. The Hall–Kier alpha value is -2.13. The van der Waals surface area contributed by atoms with Crippen molar-refractivity contribution in [3.63, 3.8) is 0 Å². The molecule has 0 amide bonds. The van der Waals surface area contributed by atoms with Crippen LogP contribution in [0.5, 0.6) is 5.75 Å². The lowest BCUT2D eigenvalue weighted by atomic mass is 10.2. The third-order valence-corrected chi connectivity index (χ3v) is 5.17. The molecule has 0 saturated carbocycles. The summed E-state index contributed by atoms with van der Waals surface area (Å²) in [6, 6.07) is 4.38. The minimum absolute atomic E-state index is 0.106. The molecule has 0 saturated heterocycles. The van der Waals surface area contributed by atoms with Crippen LogP contribution in [-0.4, -0.2) is 29.8 Å². The number of sulfonamides is 1. The van der Waals surface area contributed by atoms with E-state index in [-0.39, 0.29) is 4.90 Å². The van der Waals surface area contributed by atoms with Gasteiger partial charge in [0.15, 0.2) is 5.82 Å². The van der Waals surface area contributed by atoms with Gasteiger partial charge in [0, 0.05) is 13.5 Å². The van der Waals surface area contributed by atoms with Gasteiger partial charge in [0.25, 0.3) is 0 Å². The molecule has 1 aromatic heterocycles. The molecule has 0 fully saturated rings. The van der Waals surface area contributed by atoms with Crippen LogP contribution in [-0.2, 0) is 23.5 Å². The minimum Gasteiger partial charge on any atom is -0.492 e. The summed E-state index contributed by atoms with van der Waals surface area (Å²) < 4.78 is 34.4. The fraction of sp³-hybridized carbons (Fsp3) is 0.385. The summed E-state index contributed by atoms with van der Waals surface area (Å²) in [5, 5.41) is 6.12. The minimum atomic E-state index is -3.78. The van der Waals surface area contributed by atoms with E-state index in [2.05, 4.69) is 14.9 Å². The summed E-state index contributed by atoms with van der Waals surface area (Å²) in [7, 11) is -2.26. The van der Waals surface area contributed by atoms with Crippen molar-refractivity contribution in [2.75, 3.05) is 6.61 Å². The molecule has 2 N–H and O–H groups in total. The molecular formula is C13H16N4O4S. The van der Waals surface area contributed by atoms with E-state index in [1.54, 1.807) is 13.0 Å². The Balaban J connectivity index is 1.93. The number of aromatic nitrogens is 3. The largest absolute Gasteiger partial charge is 0.492 e. The van der Waals surface area contributed by atoms with Crippen molar-refractivity contribution in [1.82, 2.24) is 19.5 Å². The number of para-hydroxylation sites is 1. The number of hydrogen-bond donors (Lipinski definition) is 2. The molecule has 8 nitrogen and oxygen atoms in total. The molecular weight excluding hydrogens is 308 g/mol. The Morgan fingerprint density at radius 3 is 2.91 bits per heavy atom. The van der Waals surface area contributed by atoms with Crippen molar-refractivity contribution in [3.8, 4) is 5.75 Å². The lowest BCUT2D eigenvalue weighted by Crippen LogP contribution is -2.30. The van der Waals surface area contributed by atoms with Gasteiger partial charge in [-0.3, -0.25) is 4.57 Å². The van der Waals surface area contributed by atoms with E-state index < -0.39 is 21.8 Å². The van der Waals surface area contributed by atoms with Crippen LogP contribution in [0.1, 0.15) is 24.4 Å². The van der Waals surface area contributed by atoms with Gasteiger partial charge in [-0.15, -0.1) is 0 Å². The number of hydrogen-bond acceptors (Lipinski definition) is 5. The van der Waals surface area contributed by atoms with Gasteiger partial charge in [0.05, 0.1) is 12.6 Å². The Bertz CT molecular complexity index is 868. The average Bonchev–Trinajstić information content (AvgIpc) is 3.05. The van der Waals surface area contributed by atoms with E-state index in [9.17, 15) is 13.2 Å². The summed E-state index contributed by atoms with van der Waals surface area (Å²) in [5.74, 6) is 0.709. The van der Waals surface area contributed by atoms with E-state index in [4.69, 9.17) is 4.74 Å². The molecule has 1 aliphatic heterocycles. The van der Waals surface area contributed by atoms with Crippen LogP contribution >= 0.6 is 0 Å². The van der Waals surface area contributed by atoms with E-state index >= 15 is 0 Å². The molecule has 2 heterocycles. The molecule has 118 valence electrons. The maximum atomic E-state index is 12.6. The highest BCUT2D eigenvalue weighted by molar-refractivity contribution is 7.89. The van der Waals surface area contributed by atoms with E-state index in [0.717, 1.165) is 5.56 Å². The second kappa shape index (κ2) is 5.25. The van der Waals surface area contributed by atoms with Crippen LogP contribution in [0.15, 0.2) is 27.9 Å². The fourth-order valence-electron chi connectivity index (χ4n) is 2.49. The third kappa shape index (κ3) is 2.42. The van der Waals surface area contributed by atoms with E-state index in [1.165, 1.54) is 17.7 Å². The second-order valence-corrected chi connectivity index (χ2v) is 6.81. The molecule has 0 aliphatic carbocycles. The summed E-state index contributed by atoms with van der Waals surface area (Å²) >= 11 is 0. The van der Waals surface area contributed by atoms with Crippen LogP contribution < -0.4 is 15.1 Å². The standard InChI is InChI=1S/C13H16N4O4S/c1-8(12-14-15-13(18)17(12)2)16-22(19,20)10-5-3-4-9-6-7-21-11(9)10/h3-5,8,16H,6-7H2,1-2H3,(H,15,18). The van der Waals surface area contributed by atoms with Crippen molar-refractivity contribution in [2.45, 2.75) is 24.3 Å². The molecule has 0 bridgehead atoms. The summed E-state index contributed by atoms with van der Waals surface area (Å²) in [4.78, 5) is 11.5. The predicted octanol–water partition coefficient (Wildman–Crippen LogP) is 0.0828. The molecule has 22 heavy (non-hydrogen) atoms. The van der Waals surface area contributed by atoms with Crippen molar-refractivity contribution >= 4 is 10.0 Å². The second-order valence-electron chi connectivity index (χ2n) is 5.13. The van der Waals surface area contributed by atoms with Crippen LogP contribution in [0.3, 0.4) is 0 Å². The van der Waals surface area contributed by atoms with Gasteiger partial charge in [-0.25, -0.2) is 23.0 Å². The van der Waals surface area contributed by atoms with E-state index in [1.807, 2.05) is 6.07 Å². The number of nitrogens with zero attached hydrogens (tertiary/aromatic N) is 2. The molecule has 1 unspecified atom stereocenters. The van der Waals surface area contributed by atoms with Gasteiger partial charge >= 0.3 is 5.69 Å². The quantitative estimate of drug-likeness (QED) is 0.828. The van der Waals surface area contributed by atoms with Crippen LogP contribution in [0.2, 0.25) is 0 Å². The van der Waals surface area contributed by atoms with Gasteiger partial charge in [-0.1, -0.05) is 12.1 Å². The molecule has 1 atom stereocenters. The first-order valence-electron chi connectivity index (χ1n) is 6.78. The van der Waals surface area contributed by atoms with Gasteiger partial charge in [-0.2, -0.15) is 5.10 Å². The van der Waals surface area contributed by atoms with Crippen molar-refractivity contribution in [2.24, 2.45) is 7.05 Å². The normalized spacial score (nSPS) is 15.4. The highest BCUT2D eigenvalue weighted by Crippen LogP contribution is 2.33. The molecule has 0 spiro atoms. The van der Waals surface area contributed by atoms with Crippen molar-refractivity contribution in [3.05, 3.63) is 40.1 Å². The van der Waals surface area contributed by atoms with Gasteiger partial charge in [-0.05, 0) is 18.6 Å². The molecule has 0 radical (unpaired) electrons. The predicted molar refractivity (Wildman–Crippen MR) is 78.2 cm³/mol. The highest BCUT2D eigenvalue weighted by Gasteiger charge is 2.27. The third-order valence-electron chi connectivity index (χ3n) is 3.60. The van der Waals surface area contributed by atoms with Gasteiger partial charge in [0.1, 0.15) is 10.6 Å². The number of rotatable bonds is 4. The topological polar surface area (TPSA) is 106 Å². The smallest absolute Gasteiger partial charge is 0.343 e. The molecule has 1 aliphatic rings. The average molecular weight is 324 g/mol. The Labute approximate surface area is 127 Å². The van der Waals surface area contributed by atoms with Crippen LogP contribution in [0.25, 0.3) is 0 Å². The van der Waals surface area contributed by atoms with E-state index in [0.29, 0.717) is 24.6 Å². The maximum Gasteiger partial charge on any atom is 0.343 e. The Kier molecular flexibility index (Phi) is 3.53. The molecule has 2 aromatic rings. The first-order valence-corrected chi connectivity index (χ1v) is 8.27. The zero-order valence-electron chi connectivity index (χ0n) is 12.2. The van der Waals surface area contributed by atoms with Crippen molar-refractivity contribution in [1.29, 1.82) is 0 Å². The number of aromatic amines is 1. The monoisotopic (exact) mass is 324 g/mol. The molecule has 1 aromatic carbocycles. The van der Waals surface area contributed by atoms with Gasteiger partial charge < -0.3 is 4.74 Å². The van der Waals surface area contributed by atoms with Crippen molar-refractivity contribution < 1.29 is 13.2 Å². The van der Waals surface area contributed by atoms with Crippen LogP contribution in [0.4, 0.5) is 0 Å². The van der Waals surface area contributed by atoms with Gasteiger partial charge in [0.2, 0.25) is 10.0 Å². The highest BCUT2D eigenvalue weighted by atomic mass is 32.2. The summed E-state index contributed by atoms with van der Waals surface area (Å²) in [6.45, 7) is 2.10. The first-order chi connectivity index (χ1) is 10.4. The number of benzene rings is 1. The Morgan fingerprint density at radius 2 is 2.23 bits per heavy atom.